The van der Waals surface area contributed by atoms with Gasteiger partial charge in [-0.2, -0.15) is 4.98 Å². The smallest absolute Gasteiger partial charge is 0.278 e. The molecule has 124 valence electrons. The van der Waals surface area contributed by atoms with Crippen LogP contribution in [0.4, 0.5) is 5.95 Å². The highest BCUT2D eigenvalue weighted by Gasteiger charge is 2.15. The van der Waals surface area contributed by atoms with Gasteiger partial charge in [0, 0.05) is 23.3 Å². The molecule has 25 heavy (non-hydrogen) atoms. The number of carbonyl (C=O) groups is 1. The number of hydrogen-bond donors (Lipinski definition) is 1. The molecule has 0 unspecified atom stereocenters. The van der Waals surface area contributed by atoms with Gasteiger partial charge in [0.05, 0.1) is 19.0 Å². The van der Waals surface area contributed by atoms with Crippen LogP contribution in [0.2, 0.25) is 0 Å². The molecule has 0 bridgehead atoms. The second-order valence-corrected chi connectivity index (χ2v) is 5.86. The third kappa shape index (κ3) is 2.92. The molecule has 0 radical (unpaired) electrons. The first-order valence-corrected chi connectivity index (χ1v) is 8.18. The Bertz CT molecular complexity index is 1040. The Morgan fingerprint density at radius 1 is 1.32 bits per heavy atom. The summed E-state index contributed by atoms with van der Waals surface area (Å²) in [6, 6.07) is 7.66. The molecule has 0 atom stereocenters. The van der Waals surface area contributed by atoms with E-state index in [1.54, 1.807) is 11.6 Å². The maximum absolute atomic E-state index is 12.1. The molecule has 1 aromatic carbocycles. The number of nitrogens with zero attached hydrogens (tertiary/aromatic N) is 5. The fourth-order valence-electron chi connectivity index (χ4n) is 2.30. The fraction of sp³-hybridized carbons (Fsp3) is 0.0625. The average molecular weight is 352 g/mol. The van der Waals surface area contributed by atoms with Crippen LogP contribution in [0.15, 0.2) is 48.2 Å². The lowest BCUT2D eigenvalue weighted by Crippen LogP contribution is -2.14. The molecule has 0 aliphatic heterocycles. The summed E-state index contributed by atoms with van der Waals surface area (Å²) < 4.78 is 6.95. The van der Waals surface area contributed by atoms with Gasteiger partial charge < -0.3 is 4.74 Å². The molecule has 4 rings (SSSR count). The van der Waals surface area contributed by atoms with E-state index in [1.807, 2.05) is 29.6 Å². The molecule has 0 saturated carbocycles. The second kappa shape index (κ2) is 6.29. The molecule has 0 saturated heterocycles. The summed E-state index contributed by atoms with van der Waals surface area (Å²) in [5.74, 6) is 0.564. The molecule has 9 heteroatoms. The molecule has 4 aromatic rings. The summed E-state index contributed by atoms with van der Waals surface area (Å²) in [7, 11) is 1.62. The van der Waals surface area contributed by atoms with Crippen LogP contribution in [0.25, 0.3) is 16.2 Å². The number of amides is 1. The van der Waals surface area contributed by atoms with Crippen molar-refractivity contribution in [2.45, 2.75) is 0 Å². The predicted molar refractivity (Wildman–Crippen MR) is 92.8 cm³/mol. The van der Waals surface area contributed by atoms with Crippen molar-refractivity contribution in [2.75, 3.05) is 12.4 Å². The average Bonchev–Trinajstić information content (AvgIpc) is 3.22. The Balaban J connectivity index is 1.65. The van der Waals surface area contributed by atoms with Crippen molar-refractivity contribution in [1.82, 2.24) is 24.6 Å². The number of benzene rings is 1. The van der Waals surface area contributed by atoms with E-state index in [9.17, 15) is 4.79 Å². The number of hydrogen-bond acceptors (Lipinski definition) is 7. The molecule has 1 amide bonds. The Kier molecular flexibility index (Phi) is 3.82. The van der Waals surface area contributed by atoms with E-state index >= 15 is 0 Å². The monoisotopic (exact) mass is 352 g/mol. The molecule has 3 heterocycles. The molecule has 0 fully saturated rings. The molecular weight excluding hydrogens is 340 g/mol. The fourth-order valence-corrected chi connectivity index (χ4v) is 3.13. The minimum absolute atomic E-state index is 0.202. The summed E-state index contributed by atoms with van der Waals surface area (Å²) in [5.41, 5.74) is 2.02. The van der Waals surface area contributed by atoms with Gasteiger partial charge in [0.1, 0.15) is 11.4 Å². The lowest BCUT2D eigenvalue weighted by Gasteiger charge is -2.03. The first-order chi connectivity index (χ1) is 12.2. The molecule has 1 N–H and O–H groups in total. The molecular formula is C16H12N6O2S. The van der Waals surface area contributed by atoms with Crippen LogP contribution in [0.1, 0.15) is 10.5 Å². The number of methoxy groups -OCH3 is 1. The van der Waals surface area contributed by atoms with Gasteiger partial charge in [-0.05, 0) is 12.1 Å². The zero-order chi connectivity index (χ0) is 17.2. The van der Waals surface area contributed by atoms with E-state index < -0.39 is 5.91 Å². The highest BCUT2D eigenvalue weighted by Crippen LogP contribution is 2.28. The maximum atomic E-state index is 12.1. The Morgan fingerprint density at radius 3 is 3.04 bits per heavy atom. The summed E-state index contributed by atoms with van der Waals surface area (Å²) in [4.78, 5) is 25.0. The lowest BCUT2D eigenvalue weighted by molar-refractivity contribution is 0.102. The van der Waals surface area contributed by atoms with Crippen LogP contribution in [0.3, 0.4) is 0 Å². The third-order valence-electron chi connectivity index (χ3n) is 3.47. The zero-order valence-corrected chi connectivity index (χ0v) is 13.9. The predicted octanol–water partition coefficient (Wildman–Crippen LogP) is 2.51. The van der Waals surface area contributed by atoms with Gasteiger partial charge in [-0.15, -0.1) is 16.4 Å². The number of carbonyl (C=O) groups excluding carboxylic acids is 1. The van der Waals surface area contributed by atoms with Gasteiger partial charge in [-0.25, -0.2) is 9.50 Å². The van der Waals surface area contributed by atoms with E-state index in [4.69, 9.17) is 4.74 Å². The van der Waals surface area contributed by atoms with Crippen LogP contribution in [-0.2, 0) is 0 Å². The lowest BCUT2D eigenvalue weighted by atomic mass is 10.2. The molecule has 0 aliphatic carbocycles. The number of rotatable bonds is 4. The van der Waals surface area contributed by atoms with E-state index in [1.165, 1.54) is 29.9 Å². The molecule has 0 aliphatic rings. The SMILES string of the molecule is COc1cccc(-c2csc3nc(NC(=O)c4cnccn4)nn23)c1. The van der Waals surface area contributed by atoms with Crippen molar-refractivity contribution in [3.8, 4) is 17.0 Å². The summed E-state index contributed by atoms with van der Waals surface area (Å²) in [5, 5.41) is 8.95. The number of nitrogens with one attached hydrogen (secondary N) is 1. The highest BCUT2D eigenvalue weighted by atomic mass is 32.1. The van der Waals surface area contributed by atoms with Gasteiger partial charge >= 0.3 is 0 Å². The van der Waals surface area contributed by atoms with Gasteiger partial charge in [0.15, 0.2) is 0 Å². The Labute approximate surface area is 146 Å². The number of fused-ring (bicyclic) bond motifs is 1. The Morgan fingerprint density at radius 2 is 2.24 bits per heavy atom. The van der Waals surface area contributed by atoms with E-state index in [0.717, 1.165) is 17.0 Å². The molecule has 0 spiro atoms. The third-order valence-corrected chi connectivity index (χ3v) is 4.28. The topological polar surface area (TPSA) is 94.3 Å². The van der Waals surface area contributed by atoms with Gasteiger partial charge in [-0.3, -0.25) is 15.1 Å². The van der Waals surface area contributed by atoms with Crippen molar-refractivity contribution in [3.05, 3.63) is 53.9 Å². The summed E-state index contributed by atoms with van der Waals surface area (Å²) in [6.45, 7) is 0. The number of thiazole rings is 1. The van der Waals surface area contributed by atoms with E-state index in [-0.39, 0.29) is 11.6 Å². The van der Waals surface area contributed by atoms with Crippen LogP contribution in [0.5, 0.6) is 5.75 Å². The summed E-state index contributed by atoms with van der Waals surface area (Å²) in [6.07, 6.45) is 4.34. The summed E-state index contributed by atoms with van der Waals surface area (Å²) >= 11 is 1.44. The number of ether oxygens (including phenoxy) is 1. The molecule has 3 aromatic heterocycles. The highest BCUT2D eigenvalue weighted by molar-refractivity contribution is 7.15. The van der Waals surface area contributed by atoms with Gasteiger partial charge in [0.25, 0.3) is 11.9 Å². The van der Waals surface area contributed by atoms with Crippen molar-refractivity contribution in [3.63, 3.8) is 0 Å². The first-order valence-electron chi connectivity index (χ1n) is 7.30. The first kappa shape index (κ1) is 15.2. The molecule has 8 nitrogen and oxygen atoms in total. The van der Waals surface area contributed by atoms with Crippen molar-refractivity contribution in [2.24, 2.45) is 0 Å². The van der Waals surface area contributed by atoms with Crippen LogP contribution in [-0.4, -0.2) is 37.6 Å². The van der Waals surface area contributed by atoms with Crippen molar-refractivity contribution >= 4 is 28.2 Å². The van der Waals surface area contributed by atoms with E-state index in [0.29, 0.717) is 4.96 Å². The van der Waals surface area contributed by atoms with Crippen molar-refractivity contribution in [1.29, 1.82) is 0 Å². The zero-order valence-electron chi connectivity index (χ0n) is 13.1. The standard InChI is InChI=1S/C16H12N6O2S/c1-24-11-4-2-3-10(7-11)13-9-25-16-20-15(21-22(13)16)19-14(23)12-8-17-5-6-18-12/h2-9H,1H3,(H,19,21,23). The second-order valence-electron chi connectivity index (χ2n) is 5.03. The maximum Gasteiger partial charge on any atom is 0.278 e. The van der Waals surface area contributed by atoms with Crippen LogP contribution in [0, 0.1) is 0 Å². The number of anilines is 1. The van der Waals surface area contributed by atoms with Crippen LogP contribution >= 0.6 is 11.3 Å². The van der Waals surface area contributed by atoms with Crippen molar-refractivity contribution < 1.29 is 9.53 Å². The Hall–Kier alpha value is -3.33. The largest absolute Gasteiger partial charge is 0.497 e. The normalized spacial score (nSPS) is 10.8. The number of aromatic nitrogens is 5. The van der Waals surface area contributed by atoms with E-state index in [2.05, 4.69) is 25.4 Å². The van der Waals surface area contributed by atoms with Gasteiger partial charge in [-0.1, -0.05) is 12.1 Å². The quantitative estimate of drug-likeness (QED) is 0.606. The minimum atomic E-state index is -0.408. The minimum Gasteiger partial charge on any atom is -0.497 e. The van der Waals surface area contributed by atoms with Gasteiger partial charge in [0.2, 0.25) is 4.96 Å². The van der Waals surface area contributed by atoms with Crippen LogP contribution < -0.4 is 10.1 Å².